The third kappa shape index (κ3) is 5.11. The average Bonchev–Trinajstić information content (AvgIpc) is 2.53. The second-order valence-electron chi connectivity index (χ2n) is 6.29. The van der Waals surface area contributed by atoms with E-state index in [0.29, 0.717) is 0 Å². The number of hydrogen-bond donors (Lipinski definition) is 0. The lowest BCUT2D eigenvalue weighted by molar-refractivity contribution is 0.109. The van der Waals surface area contributed by atoms with E-state index in [-0.39, 0.29) is 9.79 Å². The van der Waals surface area contributed by atoms with Crippen LogP contribution < -0.4 is 0 Å². The van der Waals surface area contributed by atoms with E-state index in [1.54, 1.807) is 13.8 Å². The zero-order valence-corrected chi connectivity index (χ0v) is 16.8. The van der Waals surface area contributed by atoms with Gasteiger partial charge in [-0.15, -0.1) is 0 Å². The van der Waals surface area contributed by atoms with Crippen molar-refractivity contribution in [1.29, 1.82) is 0 Å². The molecule has 2 aromatic rings. The maximum Gasteiger partial charge on any atom is 0.296 e. The van der Waals surface area contributed by atoms with Gasteiger partial charge in [-0.3, -0.25) is 8.37 Å². The van der Waals surface area contributed by atoms with Gasteiger partial charge in [0.2, 0.25) is 0 Å². The third-order valence-electron chi connectivity index (χ3n) is 3.73. The van der Waals surface area contributed by atoms with Crippen molar-refractivity contribution in [3.8, 4) is 0 Å². The van der Waals surface area contributed by atoms with Crippen LogP contribution in [-0.4, -0.2) is 59.0 Å². The molecule has 0 fully saturated rings. The Labute approximate surface area is 170 Å². The molecule has 2 aromatic carbocycles. The fourth-order valence-electron chi connectivity index (χ4n) is 2.00. The molecule has 0 amide bonds. The Hall–Kier alpha value is -1.48. The Bertz CT molecular complexity index is 960. The van der Waals surface area contributed by atoms with Gasteiger partial charge in [0, 0.05) is 10.8 Å². The van der Waals surface area contributed by atoms with Crippen molar-refractivity contribution in [2.24, 2.45) is 0 Å². The molecule has 12 heteroatoms. The van der Waals surface area contributed by atoms with Crippen LogP contribution in [0.3, 0.4) is 0 Å². The summed E-state index contributed by atoms with van der Waals surface area (Å²) >= 11 is 0. The molecule has 0 aliphatic carbocycles. The van der Waals surface area contributed by atoms with Crippen LogP contribution in [-0.2, 0) is 28.6 Å². The van der Waals surface area contributed by atoms with Crippen molar-refractivity contribution in [2.45, 2.75) is 34.4 Å². The molecule has 0 bridgehead atoms. The summed E-state index contributed by atoms with van der Waals surface area (Å²) in [5, 5.41) is -5.84. The highest BCUT2D eigenvalue weighted by Gasteiger charge is 2.44. The van der Waals surface area contributed by atoms with E-state index in [2.05, 4.69) is 0 Å². The van der Waals surface area contributed by atoms with Crippen LogP contribution in [0.5, 0.6) is 0 Å². The van der Waals surface area contributed by atoms with Gasteiger partial charge in [0.1, 0.15) is 31.4 Å². The van der Waals surface area contributed by atoms with Crippen LogP contribution in [0.25, 0.3) is 0 Å². The van der Waals surface area contributed by atoms with Gasteiger partial charge >= 0.3 is 0 Å². The fraction of sp³-hybridized carbons (Fsp3) is 0.250. The maximum absolute atomic E-state index is 12.4. The average molecular weight is 410 g/mol. The van der Waals surface area contributed by atoms with Crippen molar-refractivity contribution >= 4 is 51.6 Å². The Balaban J connectivity index is 2.29. The highest BCUT2D eigenvalue weighted by Crippen LogP contribution is 2.28. The maximum atomic E-state index is 12.4. The standard InChI is InChI=1S/C16H14B4O6S2/c1-11-3-7-13(8-4-11)27(21,22)25-15(17,18)16(19,20)26-28(23,24)14-9-5-12(2)6-10-14/h3-10H,1-2H3. The summed E-state index contributed by atoms with van der Waals surface area (Å²) in [5.74, 6) is 0. The summed E-state index contributed by atoms with van der Waals surface area (Å²) in [4.78, 5) is -0.564. The van der Waals surface area contributed by atoms with Crippen LogP contribution in [0.4, 0.5) is 0 Å². The topological polar surface area (TPSA) is 86.7 Å². The van der Waals surface area contributed by atoms with Crippen molar-refractivity contribution in [1.82, 2.24) is 0 Å². The van der Waals surface area contributed by atoms with Crippen molar-refractivity contribution < 1.29 is 25.2 Å². The molecule has 6 nitrogen and oxygen atoms in total. The Morgan fingerprint density at radius 1 is 0.607 bits per heavy atom. The molecule has 2 rings (SSSR count). The quantitative estimate of drug-likeness (QED) is 0.486. The van der Waals surface area contributed by atoms with E-state index in [1.165, 1.54) is 48.5 Å². The normalized spacial score (nSPS) is 13.4. The molecule has 0 spiro atoms. The zero-order valence-electron chi connectivity index (χ0n) is 15.2. The second-order valence-corrected chi connectivity index (χ2v) is 9.38. The summed E-state index contributed by atoms with van der Waals surface area (Å²) < 4.78 is 58.9. The predicted molar refractivity (Wildman–Crippen MR) is 107 cm³/mol. The van der Waals surface area contributed by atoms with Gasteiger partial charge in [0.05, 0.1) is 9.79 Å². The van der Waals surface area contributed by atoms with E-state index < -0.39 is 31.0 Å². The molecular formula is C16H14B4O6S2. The molecule has 0 saturated carbocycles. The van der Waals surface area contributed by atoms with E-state index >= 15 is 0 Å². The first kappa shape index (κ1) is 22.8. The molecule has 28 heavy (non-hydrogen) atoms. The van der Waals surface area contributed by atoms with Crippen LogP contribution in [0.1, 0.15) is 11.1 Å². The van der Waals surface area contributed by atoms with Crippen molar-refractivity contribution in [3.05, 3.63) is 59.7 Å². The molecule has 0 aliphatic rings. The van der Waals surface area contributed by atoms with Gasteiger partial charge in [-0.1, -0.05) is 35.4 Å². The monoisotopic (exact) mass is 410 g/mol. The van der Waals surface area contributed by atoms with Crippen LogP contribution in [0.15, 0.2) is 58.3 Å². The Morgan fingerprint density at radius 2 is 0.857 bits per heavy atom. The van der Waals surface area contributed by atoms with Gasteiger partial charge in [0.25, 0.3) is 20.2 Å². The summed E-state index contributed by atoms with van der Waals surface area (Å²) in [7, 11) is 13.3. The Morgan fingerprint density at radius 3 is 1.11 bits per heavy atom. The minimum absolute atomic E-state index is 0.282. The molecular weight excluding hydrogens is 396 g/mol. The first-order chi connectivity index (χ1) is 12.7. The second kappa shape index (κ2) is 7.74. The molecule has 0 aliphatic heterocycles. The third-order valence-corrected chi connectivity index (χ3v) is 6.41. The van der Waals surface area contributed by atoms with Crippen molar-refractivity contribution in [2.75, 3.05) is 0 Å². The number of aryl methyl sites for hydroxylation is 2. The highest BCUT2D eigenvalue weighted by atomic mass is 32.2. The van der Waals surface area contributed by atoms with Crippen LogP contribution in [0.2, 0.25) is 0 Å². The molecule has 0 unspecified atom stereocenters. The minimum atomic E-state index is -4.53. The minimum Gasteiger partial charge on any atom is -0.278 e. The van der Waals surface area contributed by atoms with E-state index in [0.717, 1.165) is 11.1 Å². The molecule has 0 saturated heterocycles. The molecule has 0 atom stereocenters. The molecule has 138 valence electrons. The molecule has 8 radical (unpaired) electrons. The lowest BCUT2D eigenvalue weighted by atomic mass is 9.42. The number of hydrogen-bond acceptors (Lipinski definition) is 6. The number of rotatable bonds is 7. The van der Waals surface area contributed by atoms with Gasteiger partial charge < -0.3 is 0 Å². The van der Waals surface area contributed by atoms with Gasteiger partial charge in [0.15, 0.2) is 0 Å². The Kier molecular flexibility index (Phi) is 6.30. The summed E-state index contributed by atoms with van der Waals surface area (Å²) in [5.41, 5.74) is 1.59. The van der Waals surface area contributed by atoms with Gasteiger partial charge in [-0.25, -0.2) is 0 Å². The fourth-order valence-corrected chi connectivity index (χ4v) is 4.12. The lowest BCUT2D eigenvalue weighted by Crippen LogP contribution is -2.61. The van der Waals surface area contributed by atoms with Gasteiger partial charge in [-0.05, 0) is 38.1 Å². The van der Waals surface area contributed by atoms with E-state index in [9.17, 15) is 16.8 Å². The highest BCUT2D eigenvalue weighted by molar-refractivity contribution is 7.87. The largest absolute Gasteiger partial charge is 0.296 e. The van der Waals surface area contributed by atoms with Crippen LogP contribution in [0, 0.1) is 13.8 Å². The van der Waals surface area contributed by atoms with Crippen molar-refractivity contribution in [3.63, 3.8) is 0 Å². The summed E-state index contributed by atoms with van der Waals surface area (Å²) in [6.45, 7) is 3.50. The SMILES string of the molecule is [B]C([B])(OS(=O)(=O)c1ccc(C)cc1)C([B])([B])OS(=O)(=O)c1ccc(C)cc1. The van der Waals surface area contributed by atoms with E-state index in [1.807, 2.05) is 0 Å². The first-order valence-electron chi connectivity index (χ1n) is 7.86. The first-order valence-corrected chi connectivity index (χ1v) is 10.7. The van der Waals surface area contributed by atoms with Gasteiger partial charge in [-0.2, -0.15) is 16.8 Å². The smallest absolute Gasteiger partial charge is 0.278 e. The summed E-state index contributed by atoms with van der Waals surface area (Å²) in [6, 6.07) is 11.1. The zero-order chi connectivity index (χ0) is 21.4. The number of benzene rings is 2. The summed E-state index contributed by atoms with van der Waals surface area (Å²) in [6.07, 6.45) is 0. The molecule has 0 heterocycles. The molecule has 0 aromatic heterocycles. The molecule has 0 N–H and O–H groups in total. The lowest BCUT2D eigenvalue weighted by Gasteiger charge is -2.41. The van der Waals surface area contributed by atoms with Crippen LogP contribution >= 0.6 is 0 Å². The van der Waals surface area contributed by atoms with E-state index in [4.69, 9.17) is 39.8 Å². The predicted octanol–water partition coefficient (Wildman–Crippen LogP) is 0.396.